The molecule has 4 unspecified atom stereocenters. The van der Waals surface area contributed by atoms with E-state index in [1.807, 2.05) is 0 Å². The molecule has 4 aliphatic rings. The zero-order valence-corrected chi connectivity index (χ0v) is 17.8. The summed E-state index contributed by atoms with van der Waals surface area (Å²) in [6.07, 6.45) is -5.00. The van der Waals surface area contributed by atoms with Crippen molar-refractivity contribution in [3.8, 4) is 0 Å². The lowest BCUT2D eigenvalue weighted by Gasteiger charge is -2.65. The fourth-order valence-corrected chi connectivity index (χ4v) is 6.81. The minimum atomic E-state index is -5.16. The molecule has 0 saturated heterocycles. The number of esters is 1. The Hall–Kier alpha value is -1.42. The Balaban J connectivity index is 1.97. The summed E-state index contributed by atoms with van der Waals surface area (Å²) in [6.45, 7) is 6.97. The normalized spacial score (nSPS) is 36.4. The molecule has 4 rings (SSSR count). The molecule has 1 N–H and O–H groups in total. The quantitative estimate of drug-likeness (QED) is 0.359. The minimum absolute atomic E-state index is 0.00879. The Morgan fingerprint density at radius 2 is 1.73 bits per heavy atom. The standard InChI is InChI=1S/C20H27F3O6S/c1-11(2)15(24)9-18(3)14-5-12-4-13(6-14)8-19(18,7-12)17(25)29-16(20(21,22)23)10-30(26,27)28/h12-14,16H,1,4-10H2,2-3H3,(H,26,27,28). The molecule has 0 heterocycles. The SMILES string of the molecule is C=C(C)C(=O)CC1(C)C2CC3CC(C2)CC1(C(=O)OC(CS(=O)(=O)O)C(F)(F)F)C3. The highest BCUT2D eigenvalue weighted by atomic mass is 32.2. The number of halogens is 3. The van der Waals surface area contributed by atoms with E-state index in [1.165, 1.54) is 0 Å². The van der Waals surface area contributed by atoms with Gasteiger partial charge in [0.15, 0.2) is 5.78 Å². The van der Waals surface area contributed by atoms with Crippen molar-refractivity contribution in [3.63, 3.8) is 0 Å². The first-order valence-electron chi connectivity index (χ1n) is 9.99. The molecule has 30 heavy (non-hydrogen) atoms. The van der Waals surface area contributed by atoms with E-state index < -0.39 is 45.0 Å². The molecule has 4 bridgehead atoms. The van der Waals surface area contributed by atoms with Crippen molar-refractivity contribution < 1.29 is 40.5 Å². The lowest BCUT2D eigenvalue weighted by atomic mass is 9.38. The van der Waals surface area contributed by atoms with Crippen LogP contribution in [-0.4, -0.2) is 42.8 Å². The van der Waals surface area contributed by atoms with Gasteiger partial charge in [-0.15, -0.1) is 0 Å². The summed E-state index contributed by atoms with van der Waals surface area (Å²) in [5.74, 6) is -2.81. The van der Waals surface area contributed by atoms with Gasteiger partial charge < -0.3 is 4.74 Å². The van der Waals surface area contributed by atoms with Crippen LogP contribution in [0, 0.1) is 28.6 Å². The third-order valence-electron chi connectivity index (χ3n) is 7.54. The largest absolute Gasteiger partial charge is 0.451 e. The second-order valence-corrected chi connectivity index (χ2v) is 11.1. The molecular formula is C20H27F3O6S. The van der Waals surface area contributed by atoms with E-state index in [-0.39, 0.29) is 30.0 Å². The summed E-state index contributed by atoms with van der Waals surface area (Å²) in [6, 6.07) is 0. The Labute approximate surface area is 174 Å². The maximum Gasteiger partial charge on any atom is 0.426 e. The van der Waals surface area contributed by atoms with Crippen LogP contribution in [0.25, 0.3) is 0 Å². The molecule has 6 nitrogen and oxygen atoms in total. The highest BCUT2D eigenvalue weighted by molar-refractivity contribution is 7.85. The zero-order valence-electron chi connectivity index (χ0n) is 17.0. The van der Waals surface area contributed by atoms with Gasteiger partial charge in [0.05, 0.1) is 5.41 Å². The summed E-state index contributed by atoms with van der Waals surface area (Å²) < 4.78 is 76.0. The van der Waals surface area contributed by atoms with Gasteiger partial charge in [-0.2, -0.15) is 21.6 Å². The van der Waals surface area contributed by atoms with E-state index in [2.05, 4.69) is 6.58 Å². The van der Waals surface area contributed by atoms with Crippen LogP contribution in [-0.2, 0) is 24.4 Å². The van der Waals surface area contributed by atoms with Crippen molar-refractivity contribution in [3.05, 3.63) is 12.2 Å². The average molecular weight is 452 g/mol. The second-order valence-electron chi connectivity index (χ2n) is 9.61. The van der Waals surface area contributed by atoms with Crippen LogP contribution in [0.4, 0.5) is 13.2 Å². The molecule has 0 aliphatic heterocycles. The van der Waals surface area contributed by atoms with E-state index in [4.69, 9.17) is 9.29 Å². The number of ketones is 1. The second kappa shape index (κ2) is 7.32. The Morgan fingerprint density at radius 3 is 2.17 bits per heavy atom. The molecule has 0 aromatic heterocycles. The fraction of sp³-hybridized carbons (Fsp3) is 0.800. The van der Waals surface area contributed by atoms with E-state index in [1.54, 1.807) is 13.8 Å². The van der Waals surface area contributed by atoms with E-state index >= 15 is 0 Å². The summed E-state index contributed by atoms with van der Waals surface area (Å²) in [5.41, 5.74) is -1.88. The fourth-order valence-electron chi connectivity index (χ4n) is 6.17. The molecule has 10 heteroatoms. The van der Waals surface area contributed by atoms with Gasteiger partial charge in [-0.1, -0.05) is 13.5 Å². The third kappa shape index (κ3) is 4.04. The maximum atomic E-state index is 13.4. The zero-order chi connectivity index (χ0) is 22.7. The van der Waals surface area contributed by atoms with Crippen molar-refractivity contribution >= 4 is 21.9 Å². The van der Waals surface area contributed by atoms with Gasteiger partial charge >= 0.3 is 12.1 Å². The molecule has 0 spiro atoms. The van der Waals surface area contributed by atoms with Crippen LogP contribution in [0.1, 0.15) is 52.4 Å². The van der Waals surface area contributed by atoms with Crippen LogP contribution in [0.5, 0.6) is 0 Å². The Bertz CT molecular complexity index is 850. The van der Waals surface area contributed by atoms with Gasteiger partial charge in [0.25, 0.3) is 10.1 Å². The summed E-state index contributed by atoms with van der Waals surface area (Å²) >= 11 is 0. The number of alkyl halides is 3. The molecule has 4 atom stereocenters. The van der Waals surface area contributed by atoms with Crippen molar-refractivity contribution in [2.24, 2.45) is 28.6 Å². The molecule has 4 fully saturated rings. The van der Waals surface area contributed by atoms with E-state index in [9.17, 15) is 31.2 Å². The van der Waals surface area contributed by atoms with E-state index in [0.29, 0.717) is 18.4 Å². The number of ether oxygens (including phenoxy) is 1. The first-order valence-corrected chi connectivity index (χ1v) is 11.6. The first-order chi connectivity index (χ1) is 13.6. The molecule has 0 radical (unpaired) electrons. The average Bonchev–Trinajstić information content (AvgIpc) is 2.56. The predicted octanol–water partition coefficient (Wildman–Crippen LogP) is 3.72. The van der Waals surface area contributed by atoms with Crippen LogP contribution < -0.4 is 0 Å². The van der Waals surface area contributed by atoms with Gasteiger partial charge in [0, 0.05) is 6.42 Å². The van der Waals surface area contributed by atoms with Crippen molar-refractivity contribution in [1.82, 2.24) is 0 Å². The molecular weight excluding hydrogens is 425 g/mol. The molecule has 0 aromatic carbocycles. The Kier molecular flexibility index (Phi) is 5.68. The third-order valence-corrected chi connectivity index (χ3v) is 8.27. The number of hydrogen-bond acceptors (Lipinski definition) is 5. The smallest absolute Gasteiger partial charge is 0.426 e. The summed E-state index contributed by atoms with van der Waals surface area (Å²) in [7, 11) is -5.03. The lowest BCUT2D eigenvalue weighted by Crippen LogP contribution is -2.63. The monoisotopic (exact) mass is 452 g/mol. The molecule has 4 saturated carbocycles. The van der Waals surface area contributed by atoms with Gasteiger partial charge in [-0.05, 0) is 67.8 Å². The Morgan fingerprint density at radius 1 is 1.20 bits per heavy atom. The number of allylic oxidation sites excluding steroid dienone is 1. The molecule has 0 aromatic rings. The number of hydrogen-bond donors (Lipinski definition) is 1. The number of rotatable bonds is 7. The van der Waals surface area contributed by atoms with Gasteiger partial charge in [-0.3, -0.25) is 14.1 Å². The maximum absolute atomic E-state index is 13.4. The highest BCUT2D eigenvalue weighted by Crippen LogP contribution is 2.70. The van der Waals surface area contributed by atoms with Gasteiger partial charge in [0.1, 0.15) is 5.75 Å². The van der Waals surface area contributed by atoms with Gasteiger partial charge in [-0.25, -0.2) is 0 Å². The van der Waals surface area contributed by atoms with Crippen molar-refractivity contribution in [2.45, 2.75) is 64.7 Å². The van der Waals surface area contributed by atoms with Crippen LogP contribution in [0.2, 0.25) is 0 Å². The van der Waals surface area contributed by atoms with Crippen molar-refractivity contribution in [1.29, 1.82) is 0 Å². The van der Waals surface area contributed by atoms with Crippen LogP contribution >= 0.6 is 0 Å². The topological polar surface area (TPSA) is 97.7 Å². The number of Topliss-reactive ketones (excluding diaryl/α,β-unsaturated/α-hetero) is 1. The van der Waals surface area contributed by atoms with Crippen LogP contribution in [0.15, 0.2) is 12.2 Å². The lowest BCUT2D eigenvalue weighted by molar-refractivity contribution is -0.241. The van der Waals surface area contributed by atoms with E-state index in [0.717, 1.165) is 19.3 Å². The number of carbonyl (C=O) groups excluding carboxylic acids is 2. The molecule has 0 amide bonds. The minimum Gasteiger partial charge on any atom is -0.451 e. The van der Waals surface area contributed by atoms with Crippen LogP contribution in [0.3, 0.4) is 0 Å². The highest BCUT2D eigenvalue weighted by Gasteiger charge is 2.68. The van der Waals surface area contributed by atoms with Gasteiger partial charge in [0.2, 0.25) is 6.10 Å². The molecule has 170 valence electrons. The number of carbonyl (C=O) groups is 2. The summed E-state index contributed by atoms with van der Waals surface area (Å²) in [4.78, 5) is 25.8. The van der Waals surface area contributed by atoms with Crippen molar-refractivity contribution in [2.75, 3.05) is 5.75 Å². The summed E-state index contributed by atoms with van der Waals surface area (Å²) in [5, 5.41) is 0. The molecule has 4 aliphatic carbocycles. The first kappa shape index (κ1) is 23.2. The predicted molar refractivity (Wildman–Crippen MR) is 101 cm³/mol.